The number of pyridine rings is 1. The standard InChI is InChI=1S/C9H14N2O/c1-6-8(12-3)4-5-11-9(6)7(2)10/h4-5,7H,10H2,1-3H3. The summed E-state index contributed by atoms with van der Waals surface area (Å²) in [6.07, 6.45) is 1.71. The predicted octanol–water partition coefficient (Wildman–Crippen LogP) is 1.42. The van der Waals surface area contributed by atoms with Crippen molar-refractivity contribution in [1.82, 2.24) is 4.98 Å². The van der Waals surface area contributed by atoms with Gasteiger partial charge in [-0.25, -0.2) is 0 Å². The Bertz CT molecular complexity index is 271. The van der Waals surface area contributed by atoms with Crippen LogP contribution in [-0.4, -0.2) is 12.1 Å². The highest BCUT2D eigenvalue weighted by molar-refractivity contribution is 5.35. The SMILES string of the molecule is COc1ccnc(C(C)N)c1C. The Labute approximate surface area is 72.6 Å². The maximum absolute atomic E-state index is 5.72. The number of ether oxygens (including phenoxy) is 1. The molecule has 1 aromatic rings. The third-order valence-electron chi connectivity index (χ3n) is 1.84. The summed E-state index contributed by atoms with van der Waals surface area (Å²) >= 11 is 0. The highest BCUT2D eigenvalue weighted by atomic mass is 16.5. The van der Waals surface area contributed by atoms with Gasteiger partial charge in [0.2, 0.25) is 0 Å². The summed E-state index contributed by atoms with van der Waals surface area (Å²) < 4.78 is 5.14. The van der Waals surface area contributed by atoms with Crippen LogP contribution in [0.4, 0.5) is 0 Å². The first-order valence-electron chi connectivity index (χ1n) is 3.92. The minimum absolute atomic E-state index is 0.0416. The van der Waals surface area contributed by atoms with Crippen molar-refractivity contribution in [2.24, 2.45) is 5.73 Å². The van der Waals surface area contributed by atoms with Crippen LogP contribution in [0.1, 0.15) is 24.2 Å². The van der Waals surface area contributed by atoms with Crippen LogP contribution >= 0.6 is 0 Å². The van der Waals surface area contributed by atoms with Crippen LogP contribution in [0.3, 0.4) is 0 Å². The van der Waals surface area contributed by atoms with Gasteiger partial charge in [0.15, 0.2) is 0 Å². The van der Waals surface area contributed by atoms with E-state index in [0.717, 1.165) is 17.0 Å². The Balaban J connectivity index is 3.14. The molecule has 0 fully saturated rings. The van der Waals surface area contributed by atoms with Gasteiger partial charge in [0.25, 0.3) is 0 Å². The molecule has 0 aliphatic carbocycles. The summed E-state index contributed by atoms with van der Waals surface area (Å²) in [4.78, 5) is 4.18. The Morgan fingerprint density at radius 3 is 2.75 bits per heavy atom. The number of nitrogens with two attached hydrogens (primary N) is 1. The minimum Gasteiger partial charge on any atom is -0.496 e. The van der Waals surface area contributed by atoms with Crippen molar-refractivity contribution in [3.8, 4) is 5.75 Å². The molecular weight excluding hydrogens is 152 g/mol. The smallest absolute Gasteiger partial charge is 0.125 e. The molecule has 0 radical (unpaired) electrons. The number of hydrogen-bond acceptors (Lipinski definition) is 3. The van der Waals surface area contributed by atoms with Gasteiger partial charge in [-0.1, -0.05) is 0 Å². The second-order valence-electron chi connectivity index (χ2n) is 2.81. The second-order valence-corrected chi connectivity index (χ2v) is 2.81. The van der Waals surface area contributed by atoms with E-state index in [-0.39, 0.29) is 6.04 Å². The molecule has 12 heavy (non-hydrogen) atoms. The van der Waals surface area contributed by atoms with Crippen LogP contribution in [0.5, 0.6) is 5.75 Å². The molecule has 3 heteroatoms. The third kappa shape index (κ3) is 1.56. The van der Waals surface area contributed by atoms with Crippen molar-refractivity contribution >= 4 is 0 Å². The molecule has 0 spiro atoms. The summed E-state index contributed by atoms with van der Waals surface area (Å²) in [5, 5.41) is 0. The van der Waals surface area contributed by atoms with Crippen LogP contribution < -0.4 is 10.5 Å². The van der Waals surface area contributed by atoms with Crippen LogP contribution in [-0.2, 0) is 0 Å². The summed E-state index contributed by atoms with van der Waals surface area (Å²) in [5.74, 6) is 0.845. The van der Waals surface area contributed by atoms with Gasteiger partial charge < -0.3 is 10.5 Å². The fraction of sp³-hybridized carbons (Fsp3) is 0.444. The van der Waals surface area contributed by atoms with Gasteiger partial charge in [0.05, 0.1) is 12.8 Å². The topological polar surface area (TPSA) is 48.1 Å². The lowest BCUT2D eigenvalue weighted by atomic mass is 10.1. The quantitative estimate of drug-likeness (QED) is 0.722. The number of hydrogen-bond donors (Lipinski definition) is 1. The molecule has 0 amide bonds. The number of aromatic nitrogens is 1. The van der Waals surface area contributed by atoms with Crippen molar-refractivity contribution in [2.45, 2.75) is 19.9 Å². The fourth-order valence-electron chi connectivity index (χ4n) is 1.21. The largest absolute Gasteiger partial charge is 0.496 e. The number of rotatable bonds is 2. The maximum atomic E-state index is 5.72. The lowest BCUT2D eigenvalue weighted by Gasteiger charge is -2.11. The van der Waals surface area contributed by atoms with E-state index in [1.807, 2.05) is 19.9 Å². The first-order valence-corrected chi connectivity index (χ1v) is 3.92. The van der Waals surface area contributed by atoms with E-state index in [9.17, 15) is 0 Å². The van der Waals surface area contributed by atoms with Gasteiger partial charge in [-0.2, -0.15) is 0 Å². The van der Waals surface area contributed by atoms with Crippen LogP contribution in [0, 0.1) is 6.92 Å². The van der Waals surface area contributed by atoms with Crippen LogP contribution in [0.25, 0.3) is 0 Å². The molecule has 1 unspecified atom stereocenters. The van der Waals surface area contributed by atoms with Crippen molar-refractivity contribution in [1.29, 1.82) is 0 Å². The van der Waals surface area contributed by atoms with E-state index >= 15 is 0 Å². The molecular formula is C9H14N2O. The molecule has 0 saturated carbocycles. The van der Waals surface area contributed by atoms with Gasteiger partial charge in [0.1, 0.15) is 5.75 Å². The lowest BCUT2D eigenvalue weighted by Crippen LogP contribution is -2.09. The van der Waals surface area contributed by atoms with Crippen LogP contribution in [0.15, 0.2) is 12.3 Å². The van der Waals surface area contributed by atoms with Gasteiger partial charge in [-0.15, -0.1) is 0 Å². The van der Waals surface area contributed by atoms with E-state index in [0.29, 0.717) is 0 Å². The molecule has 0 saturated heterocycles. The molecule has 3 nitrogen and oxygen atoms in total. The van der Waals surface area contributed by atoms with Crippen LogP contribution in [0.2, 0.25) is 0 Å². The first kappa shape index (κ1) is 9.00. The zero-order valence-corrected chi connectivity index (χ0v) is 7.66. The van der Waals surface area contributed by atoms with Gasteiger partial charge in [-0.05, 0) is 19.9 Å². The monoisotopic (exact) mass is 166 g/mol. The van der Waals surface area contributed by atoms with Crippen molar-refractivity contribution in [3.05, 3.63) is 23.5 Å². The zero-order chi connectivity index (χ0) is 9.14. The Morgan fingerprint density at radius 2 is 2.25 bits per heavy atom. The molecule has 0 aromatic carbocycles. The van der Waals surface area contributed by atoms with E-state index in [2.05, 4.69) is 4.98 Å². The Hall–Kier alpha value is -1.09. The van der Waals surface area contributed by atoms with Crippen molar-refractivity contribution in [3.63, 3.8) is 0 Å². The normalized spacial score (nSPS) is 12.7. The molecule has 0 bridgehead atoms. The van der Waals surface area contributed by atoms with E-state index in [4.69, 9.17) is 10.5 Å². The van der Waals surface area contributed by atoms with E-state index in [1.54, 1.807) is 13.3 Å². The molecule has 1 heterocycles. The Kier molecular flexibility index (Phi) is 2.65. The first-order chi connectivity index (χ1) is 5.66. The summed E-state index contributed by atoms with van der Waals surface area (Å²) in [7, 11) is 1.65. The summed E-state index contributed by atoms with van der Waals surface area (Å²) in [6.45, 7) is 3.87. The molecule has 1 rings (SSSR count). The molecule has 66 valence electrons. The summed E-state index contributed by atoms with van der Waals surface area (Å²) in [6, 6.07) is 1.79. The highest BCUT2D eigenvalue weighted by Gasteiger charge is 2.08. The number of nitrogens with zero attached hydrogens (tertiary/aromatic N) is 1. The Morgan fingerprint density at radius 1 is 1.58 bits per heavy atom. The predicted molar refractivity (Wildman–Crippen MR) is 48.1 cm³/mol. The van der Waals surface area contributed by atoms with E-state index < -0.39 is 0 Å². The molecule has 0 aliphatic rings. The van der Waals surface area contributed by atoms with Gasteiger partial charge in [-0.3, -0.25) is 4.98 Å². The van der Waals surface area contributed by atoms with Crippen molar-refractivity contribution in [2.75, 3.05) is 7.11 Å². The highest BCUT2D eigenvalue weighted by Crippen LogP contribution is 2.21. The second kappa shape index (κ2) is 3.54. The van der Waals surface area contributed by atoms with Crippen molar-refractivity contribution < 1.29 is 4.74 Å². The third-order valence-corrected chi connectivity index (χ3v) is 1.84. The average molecular weight is 166 g/mol. The minimum atomic E-state index is -0.0416. The summed E-state index contributed by atoms with van der Waals surface area (Å²) in [5.41, 5.74) is 7.64. The number of methoxy groups -OCH3 is 1. The molecule has 1 atom stereocenters. The average Bonchev–Trinajstić information content (AvgIpc) is 2.04. The zero-order valence-electron chi connectivity index (χ0n) is 7.66. The van der Waals surface area contributed by atoms with Gasteiger partial charge in [0, 0.05) is 17.8 Å². The molecule has 2 N–H and O–H groups in total. The van der Waals surface area contributed by atoms with Gasteiger partial charge >= 0.3 is 0 Å². The molecule has 1 aromatic heterocycles. The maximum Gasteiger partial charge on any atom is 0.125 e. The molecule has 0 aliphatic heterocycles. The lowest BCUT2D eigenvalue weighted by molar-refractivity contribution is 0.409. The fourth-order valence-corrected chi connectivity index (χ4v) is 1.21. The van der Waals surface area contributed by atoms with E-state index in [1.165, 1.54) is 0 Å².